The van der Waals surface area contributed by atoms with E-state index in [1.165, 1.54) is 17.2 Å². The van der Waals surface area contributed by atoms with Crippen molar-refractivity contribution in [3.05, 3.63) is 12.7 Å². The number of aliphatic hydroxyl groups excluding tert-OH is 1. The summed E-state index contributed by atoms with van der Waals surface area (Å²) in [5, 5.41) is 9.89. The second kappa shape index (κ2) is 8.39. The van der Waals surface area contributed by atoms with Gasteiger partial charge in [0.15, 0.2) is 17.7 Å². The third-order valence-electron chi connectivity index (χ3n) is 4.97. The van der Waals surface area contributed by atoms with Crippen LogP contribution < -0.4 is 5.73 Å². The average molecular weight is 533 g/mol. The number of aromatic nitrogens is 4. The van der Waals surface area contributed by atoms with Crippen molar-refractivity contribution in [3.8, 4) is 0 Å². The van der Waals surface area contributed by atoms with Crippen molar-refractivity contribution in [1.29, 1.82) is 0 Å². The predicted molar refractivity (Wildman–Crippen MR) is 103 cm³/mol. The van der Waals surface area contributed by atoms with Crippen LogP contribution in [0.5, 0.6) is 0 Å². The van der Waals surface area contributed by atoms with Crippen molar-refractivity contribution in [2.75, 3.05) is 25.6 Å². The Morgan fingerprint density at radius 2 is 1.88 bits per heavy atom. The van der Waals surface area contributed by atoms with Crippen LogP contribution in [0.3, 0.4) is 0 Å². The standard InChI is InChI=1S/C12H18N5O13P3/c13-9-7-10(15-4-14-9)17(5-16-7)11-8-6(1-18)12(28-11,2-26-8)3-27-32(22,23)30-33(24,25)29-31(19,20)21/h4-6,8,11,18H,1-3H2,(H,22,23)(H,24,25)(H2,13,14,15)(H2,19,20,21)/t6?,8?,11-,12-/m1/s1. The van der Waals surface area contributed by atoms with Gasteiger partial charge in [-0.15, -0.1) is 0 Å². The quantitative estimate of drug-likeness (QED) is 0.212. The van der Waals surface area contributed by atoms with Crippen LogP contribution in [0, 0.1) is 5.92 Å². The fourth-order valence-corrected chi connectivity index (χ4v) is 6.76. The highest BCUT2D eigenvalue weighted by molar-refractivity contribution is 7.66. The molecule has 0 radical (unpaired) electrons. The number of aliphatic hydroxyl groups is 1. The van der Waals surface area contributed by atoms with Crippen LogP contribution in [0.2, 0.25) is 0 Å². The molecule has 2 aliphatic rings. The summed E-state index contributed by atoms with van der Waals surface area (Å²) < 4.78 is 59.6. The highest BCUT2D eigenvalue weighted by atomic mass is 31.3. The van der Waals surface area contributed by atoms with Gasteiger partial charge in [-0.2, -0.15) is 8.62 Å². The van der Waals surface area contributed by atoms with Gasteiger partial charge in [0.25, 0.3) is 0 Å². The number of phosphoric acid groups is 3. The zero-order chi connectivity index (χ0) is 24.2. The van der Waals surface area contributed by atoms with Crippen molar-refractivity contribution in [2.24, 2.45) is 5.92 Å². The fourth-order valence-electron chi connectivity index (χ4n) is 3.69. The maximum atomic E-state index is 12.1. The third-order valence-corrected chi connectivity index (χ3v) is 8.76. The lowest BCUT2D eigenvalue weighted by atomic mass is 9.90. The number of hydrogen-bond donors (Lipinski definition) is 6. The topological polar surface area (TPSA) is 268 Å². The van der Waals surface area contributed by atoms with Gasteiger partial charge in [0.05, 0.1) is 26.1 Å². The van der Waals surface area contributed by atoms with Crippen molar-refractivity contribution < 1.29 is 61.0 Å². The molecule has 0 aliphatic carbocycles. The van der Waals surface area contributed by atoms with E-state index < -0.39 is 60.5 Å². The number of anilines is 1. The first-order valence-corrected chi connectivity index (χ1v) is 13.4. The Morgan fingerprint density at radius 1 is 1.15 bits per heavy atom. The predicted octanol–water partition coefficient (Wildman–Crippen LogP) is -0.973. The van der Waals surface area contributed by atoms with Gasteiger partial charge in [0, 0.05) is 5.92 Å². The first-order valence-electron chi connectivity index (χ1n) is 8.87. The minimum atomic E-state index is -5.68. The van der Waals surface area contributed by atoms with Gasteiger partial charge in [-0.3, -0.25) is 9.09 Å². The van der Waals surface area contributed by atoms with Gasteiger partial charge >= 0.3 is 23.5 Å². The summed E-state index contributed by atoms with van der Waals surface area (Å²) in [5.41, 5.74) is 4.84. The van der Waals surface area contributed by atoms with E-state index in [-0.39, 0.29) is 17.9 Å². The Hall–Kier alpha value is -1.36. The average Bonchev–Trinajstić information content (AvgIpc) is 3.33. The smallest absolute Gasteiger partial charge is 0.396 e. The minimum absolute atomic E-state index is 0.115. The number of hydrogen-bond acceptors (Lipinski definition) is 13. The van der Waals surface area contributed by atoms with Crippen LogP contribution in [0.15, 0.2) is 12.7 Å². The molecular formula is C12H18N5O13P3. The molecule has 0 amide bonds. The molecule has 4 rings (SSSR count). The van der Waals surface area contributed by atoms with Crippen LogP contribution in [0.4, 0.5) is 5.82 Å². The first-order chi connectivity index (χ1) is 15.3. The molecule has 2 aliphatic heterocycles. The lowest BCUT2D eigenvalue weighted by molar-refractivity contribution is -0.182. The maximum absolute atomic E-state index is 12.1. The molecule has 0 saturated carbocycles. The van der Waals surface area contributed by atoms with Gasteiger partial charge in [0.2, 0.25) is 0 Å². The third kappa shape index (κ3) is 4.90. The molecule has 184 valence electrons. The highest BCUT2D eigenvalue weighted by Gasteiger charge is 2.62. The molecule has 0 spiro atoms. The number of rotatable bonds is 9. The second-order valence-electron chi connectivity index (χ2n) is 7.09. The SMILES string of the molecule is Nc1ncnc2c1ncn2[C@@H]1O[C@@]2(COP(=O)(O)OP(=O)(O)OP(=O)(O)O)COC1C2CO. The van der Waals surface area contributed by atoms with E-state index in [1.807, 2.05) is 0 Å². The number of imidazole rings is 1. The molecule has 2 aromatic rings. The van der Waals surface area contributed by atoms with Crippen LogP contribution in [-0.4, -0.2) is 75.7 Å². The monoisotopic (exact) mass is 533 g/mol. The van der Waals surface area contributed by atoms with E-state index in [0.29, 0.717) is 5.65 Å². The van der Waals surface area contributed by atoms with Gasteiger partial charge in [-0.05, 0) is 0 Å². The zero-order valence-electron chi connectivity index (χ0n) is 16.2. The van der Waals surface area contributed by atoms with Crippen LogP contribution >= 0.6 is 23.5 Å². The van der Waals surface area contributed by atoms with Crippen LogP contribution in [-0.2, 0) is 36.3 Å². The Labute approximate surface area is 183 Å². The number of nitrogens with zero attached hydrogens (tertiary/aromatic N) is 4. The van der Waals surface area contributed by atoms with E-state index >= 15 is 0 Å². The summed E-state index contributed by atoms with van der Waals surface area (Å²) in [7, 11) is -16.6. The van der Waals surface area contributed by atoms with Gasteiger partial charge < -0.3 is 39.9 Å². The normalized spacial score (nSPS) is 31.0. The molecule has 2 aromatic heterocycles. The van der Waals surface area contributed by atoms with Crippen LogP contribution in [0.25, 0.3) is 11.2 Å². The molecule has 2 saturated heterocycles. The van der Waals surface area contributed by atoms with E-state index in [4.69, 9.17) is 29.5 Å². The zero-order valence-corrected chi connectivity index (χ0v) is 18.9. The molecule has 6 atom stereocenters. The van der Waals surface area contributed by atoms with E-state index in [9.17, 15) is 28.6 Å². The molecule has 33 heavy (non-hydrogen) atoms. The molecule has 0 aromatic carbocycles. The highest BCUT2D eigenvalue weighted by Crippen LogP contribution is 2.66. The molecule has 4 heterocycles. The lowest BCUT2D eigenvalue weighted by Crippen LogP contribution is -2.43. The van der Waals surface area contributed by atoms with Gasteiger partial charge in [0.1, 0.15) is 23.5 Å². The largest absolute Gasteiger partial charge is 0.490 e. The van der Waals surface area contributed by atoms with Crippen molar-refractivity contribution in [1.82, 2.24) is 19.5 Å². The number of nitrogen functional groups attached to an aromatic ring is 1. The molecule has 4 unspecified atom stereocenters. The Bertz CT molecular complexity index is 1200. The fraction of sp³-hybridized carbons (Fsp3) is 0.583. The summed E-state index contributed by atoms with van der Waals surface area (Å²) in [6.45, 7) is -1.47. The van der Waals surface area contributed by atoms with Gasteiger partial charge in [-0.25, -0.2) is 28.6 Å². The van der Waals surface area contributed by atoms with Crippen molar-refractivity contribution in [2.45, 2.75) is 17.9 Å². The van der Waals surface area contributed by atoms with Gasteiger partial charge in [-0.1, -0.05) is 0 Å². The van der Waals surface area contributed by atoms with E-state index in [1.54, 1.807) is 0 Å². The summed E-state index contributed by atoms with van der Waals surface area (Å²) in [6, 6.07) is 0. The van der Waals surface area contributed by atoms with E-state index in [0.717, 1.165) is 0 Å². The van der Waals surface area contributed by atoms with Crippen LogP contribution in [0.1, 0.15) is 6.23 Å². The molecular weight excluding hydrogens is 515 g/mol. The second-order valence-corrected chi connectivity index (χ2v) is 11.5. The van der Waals surface area contributed by atoms with E-state index in [2.05, 4.69) is 23.6 Å². The number of nitrogens with two attached hydrogens (primary N) is 1. The first kappa shape index (κ1) is 24.8. The summed E-state index contributed by atoms with van der Waals surface area (Å²) in [6.07, 6.45) is 0.876. The molecule has 7 N–H and O–H groups in total. The lowest BCUT2D eigenvalue weighted by Gasteiger charge is -2.32. The summed E-state index contributed by atoms with van der Waals surface area (Å²) in [4.78, 5) is 48.3. The minimum Gasteiger partial charge on any atom is -0.396 e. The maximum Gasteiger partial charge on any atom is 0.490 e. The summed E-state index contributed by atoms with van der Waals surface area (Å²) in [5.74, 6) is -0.671. The number of ether oxygens (including phenoxy) is 2. The Kier molecular flexibility index (Phi) is 6.29. The molecule has 21 heteroatoms. The van der Waals surface area contributed by atoms with Crippen molar-refractivity contribution in [3.63, 3.8) is 0 Å². The molecule has 2 bridgehead atoms. The molecule has 18 nitrogen and oxygen atoms in total. The number of phosphoric ester groups is 1. The number of fused-ring (bicyclic) bond motifs is 3. The Morgan fingerprint density at radius 3 is 2.55 bits per heavy atom. The molecule has 2 fully saturated rings. The summed E-state index contributed by atoms with van der Waals surface area (Å²) >= 11 is 0. The Balaban J connectivity index is 1.53. The van der Waals surface area contributed by atoms with Crippen molar-refractivity contribution >= 4 is 40.4 Å².